The molecule has 2 N–H and O–H groups in total. The normalized spacial score (nSPS) is 16.0. The predicted octanol–water partition coefficient (Wildman–Crippen LogP) is 4.90. The van der Waals surface area contributed by atoms with E-state index in [1.165, 1.54) is 4.90 Å². The minimum absolute atomic E-state index is 0.160. The maximum atomic E-state index is 13.5. The van der Waals surface area contributed by atoms with Crippen molar-refractivity contribution in [1.29, 1.82) is 0 Å². The average molecular weight is 532 g/mol. The lowest BCUT2D eigenvalue weighted by Gasteiger charge is -2.43. The maximum Gasteiger partial charge on any atom is 0.417 e. The summed E-state index contributed by atoms with van der Waals surface area (Å²) in [5, 5.41) is 0. The molecule has 1 aromatic carbocycles. The smallest absolute Gasteiger partial charge is 0.417 e. The summed E-state index contributed by atoms with van der Waals surface area (Å²) in [7, 11) is 0. The number of pyridine rings is 2. The van der Waals surface area contributed by atoms with Gasteiger partial charge in [-0.3, -0.25) is 4.79 Å². The Morgan fingerprint density at radius 3 is 2.63 bits per heavy atom. The van der Waals surface area contributed by atoms with Gasteiger partial charge in [-0.05, 0) is 55.8 Å². The highest BCUT2D eigenvalue weighted by Gasteiger charge is 2.38. The molecule has 1 atom stereocenters. The molecule has 11 heteroatoms. The highest BCUT2D eigenvalue weighted by atomic mass is 19.4. The van der Waals surface area contributed by atoms with Crippen LogP contribution in [0.3, 0.4) is 0 Å². The number of halogens is 4. The van der Waals surface area contributed by atoms with Crippen molar-refractivity contribution in [3.63, 3.8) is 0 Å². The SMILES string of the molecule is CCOc1ncccc1-c1ccc(N2CCN(C(=O)c3ccc(F)cc3C(F)(F)F)C[C@H]2CC)c(CN)n1. The Kier molecular flexibility index (Phi) is 8.15. The summed E-state index contributed by atoms with van der Waals surface area (Å²) in [5.41, 5.74) is 7.07. The first kappa shape index (κ1) is 27.3. The molecule has 38 heavy (non-hydrogen) atoms. The summed E-state index contributed by atoms with van der Waals surface area (Å²) in [6, 6.07) is 9.38. The van der Waals surface area contributed by atoms with Gasteiger partial charge < -0.3 is 20.3 Å². The quantitative estimate of drug-likeness (QED) is 0.437. The van der Waals surface area contributed by atoms with Crippen molar-refractivity contribution in [3.8, 4) is 17.1 Å². The van der Waals surface area contributed by atoms with Gasteiger partial charge in [0.25, 0.3) is 5.91 Å². The van der Waals surface area contributed by atoms with Crippen molar-refractivity contribution < 1.29 is 27.1 Å². The monoisotopic (exact) mass is 531 g/mol. The van der Waals surface area contributed by atoms with Crippen molar-refractivity contribution in [3.05, 3.63) is 71.3 Å². The third-order valence-corrected chi connectivity index (χ3v) is 6.54. The fourth-order valence-corrected chi connectivity index (χ4v) is 4.71. The minimum Gasteiger partial charge on any atom is -0.477 e. The van der Waals surface area contributed by atoms with Crippen molar-refractivity contribution in [1.82, 2.24) is 14.9 Å². The topological polar surface area (TPSA) is 84.6 Å². The second kappa shape index (κ2) is 11.3. The molecule has 1 saturated heterocycles. The maximum absolute atomic E-state index is 13.5. The number of anilines is 1. The molecule has 202 valence electrons. The molecule has 1 amide bonds. The number of rotatable bonds is 7. The largest absolute Gasteiger partial charge is 0.477 e. The summed E-state index contributed by atoms with van der Waals surface area (Å²) in [5.74, 6) is -1.35. The van der Waals surface area contributed by atoms with Gasteiger partial charge in [-0.2, -0.15) is 13.2 Å². The van der Waals surface area contributed by atoms with Crippen LogP contribution in [0.25, 0.3) is 11.3 Å². The van der Waals surface area contributed by atoms with Gasteiger partial charge in [0, 0.05) is 38.4 Å². The van der Waals surface area contributed by atoms with E-state index >= 15 is 0 Å². The molecule has 1 aliphatic heterocycles. The number of hydrogen-bond acceptors (Lipinski definition) is 6. The molecule has 0 bridgehead atoms. The second-order valence-corrected chi connectivity index (χ2v) is 8.85. The molecule has 3 aromatic rings. The van der Waals surface area contributed by atoms with Crippen LogP contribution >= 0.6 is 0 Å². The number of amides is 1. The van der Waals surface area contributed by atoms with E-state index in [9.17, 15) is 22.4 Å². The lowest BCUT2D eigenvalue weighted by molar-refractivity contribution is -0.138. The van der Waals surface area contributed by atoms with Gasteiger partial charge in [-0.1, -0.05) is 6.92 Å². The van der Waals surface area contributed by atoms with Gasteiger partial charge in [0.1, 0.15) is 5.82 Å². The number of nitrogens with zero attached hydrogens (tertiary/aromatic N) is 4. The number of carbonyl (C=O) groups excluding carboxylic acids is 1. The number of hydrogen-bond donors (Lipinski definition) is 1. The lowest BCUT2D eigenvalue weighted by Crippen LogP contribution is -2.55. The van der Waals surface area contributed by atoms with E-state index in [2.05, 4.69) is 9.88 Å². The van der Waals surface area contributed by atoms with Gasteiger partial charge >= 0.3 is 6.18 Å². The molecule has 0 spiro atoms. The number of piperazine rings is 1. The third kappa shape index (κ3) is 5.57. The van der Waals surface area contributed by atoms with Crippen LogP contribution in [-0.2, 0) is 12.7 Å². The Hall–Kier alpha value is -3.73. The first-order chi connectivity index (χ1) is 18.2. The van der Waals surface area contributed by atoms with Crippen LogP contribution in [0.5, 0.6) is 5.88 Å². The third-order valence-electron chi connectivity index (χ3n) is 6.54. The van der Waals surface area contributed by atoms with Crippen LogP contribution in [0.1, 0.15) is 41.9 Å². The van der Waals surface area contributed by atoms with Crippen LogP contribution in [0.4, 0.5) is 23.2 Å². The number of carbonyl (C=O) groups is 1. The zero-order chi connectivity index (χ0) is 27.4. The van der Waals surface area contributed by atoms with E-state index in [-0.39, 0.29) is 25.7 Å². The molecule has 0 saturated carbocycles. The summed E-state index contributed by atoms with van der Waals surface area (Å²) in [4.78, 5) is 25.7. The number of alkyl halides is 3. The van der Waals surface area contributed by atoms with Crippen LogP contribution in [-0.4, -0.2) is 53.1 Å². The zero-order valence-electron chi connectivity index (χ0n) is 21.1. The molecule has 1 fully saturated rings. The van der Waals surface area contributed by atoms with Crippen LogP contribution in [0, 0.1) is 5.82 Å². The van der Waals surface area contributed by atoms with E-state index in [4.69, 9.17) is 15.5 Å². The molecule has 0 unspecified atom stereocenters. The van der Waals surface area contributed by atoms with Gasteiger partial charge in [0.2, 0.25) is 5.88 Å². The van der Waals surface area contributed by atoms with E-state index in [1.807, 2.05) is 32.0 Å². The molecule has 2 aromatic heterocycles. The molecule has 0 aliphatic carbocycles. The average Bonchev–Trinajstić information content (AvgIpc) is 2.92. The summed E-state index contributed by atoms with van der Waals surface area (Å²) < 4.78 is 59.7. The highest BCUT2D eigenvalue weighted by molar-refractivity contribution is 5.96. The van der Waals surface area contributed by atoms with Crippen LogP contribution < -0.4 is 15.4 Å². The molecule has 4 rings (SSSR count). The Morgan fingerprint density at radius 2 is 1.95 bits per heavy atom. The Bertz CT molecular complexity index is 1300. The Labute approximate surface area is 218 Å². The van der Waals surface area contributed by atoms with Crippen molar-refractivity contribution >= 4 is 11.6 Å². The molecule has 0 radical (unpaired) electrons. The lowest BCUT2D eigenvalue weighted by atomic mass is 10.0. The number of ether oxygens (including phenoxy) is 1. The zero-order valence-corrected chi connectivity index (χ0v) is 21.1. The summed E-state index contributed by atoms with van der Waals surface area (Å²) in [6.45, 7) is 5.19. The summed E-state index contributed by atoms with van der Waals surface area (Å²) in [6.07, 6.45) is -2.58. The van der Waals surface area contributed by atoms with Gasteiger partial charge in [0.15, 0.2) is 0 Å². The first-order valence-electron chi connectivity index (χ1n) is 12.4. The van der Waals surface area contributed by atoms with E-state index in [1.54, 1.807) is 12.3 Å². The molecule has 7 nitrogen and oxygen atoms in total. The van der Waals surface area contributed by atoms with E-state index in [0.717, 1.165) is 23.4 Å². The Morgan fingerprint density at radius 1 is 1.16 bits per heavy atom. The fourth-order valence-electron chi connectivity index (χ4n) is 4.71. The number of nitrogens with two attached hydrogens (primary N) is 1. The molecule has 1 aliphatic rings. The highest BCUT2D eigenvalue weighted by Crippen LogP contribution is 2.35. The van der Waals surface area contributed by atoms with Gasteiger partial charge in [-0.15, -0.1) is 0 Å². The van der Waals surface area contributed by atoms with Gasteiger partial charge in [0.05, 0.1) is 40.4 Å². The van der Waals surface area contributed by atoms with Crippen LogP contribution in [0.2, 0.25) is 0 Å². The molecular formula is C27H29F4N5O2. The minimum atomic E-state index is -4.85. The van der Waals surface area contributed by atoms with Crippen molar-refractivity contribution in [2.45, 2.75) is 39.0 Å². The second-order valence-electron chi connectivity index (χ2n) is 8.85. The van der Waals surface area contributed by atoms with Crippen LogP contribution in [0.15, 0.2) is 48.7 Å². The molecule has 3 heterocycles. The predicted molar refractivity (Wildman–Crippen MR) is 135 cm³/mol. The number of benzene rings is 1. The standard InChI is InChI=1S/C27H29F4N5O2/c1-3-18-16-35(26(37)19-8-7-17(28)14-21(19)27(29,30)31)12-13-36(18)24-10-9-22(34-23(24)15-32)20-6-5-11-33-25(20)38-4-2/h5-11,14,18H,3-4,12-13,15-16,32H2,1-2H3/t18-/m1/s1. The fraction of sp³-hybridized carbons (Fsp3) is 0.370. The Balaban J connectivity index is 1.60. The van der Waals surface area contributed by atoms with E-state index in [0.29, 0.717) is 42.9 Å². The number of aromatic nitrogens is 2. The van der Waals surface area contributed by atoms with Crippen molar-refractivity contribution in [2.75, 3.05) is 31.1 Å². The first-order valence-corrected chi connectivity index (χ1v) is 12.4. The summed E-state index contributed by atoms with van der Waals surface area (Å²) >= 11 is 0. The van der Waals surface area contributed by atoms with E-state index < -0.39 is 29.0 Å². The molecular weight excluding hydrogens is 502 g/mol. The van der Waals surface area contributed by atoms with Crippen molar-refractivity contribution in [2.24, 2.45) is 5.73 Å². The van der Waals surface area contributed by atoms with Gasteiger partial charge in [-0.25, -0.2) is 14.4 Å².